The van der Waals surface area contributed by atoms with Gasteiger partial charge in [0.05, 0.1) is 22.9 Å². The maximum absolute atomic E-state index is 14.7. The van der Waals surface area contributed by atoms with Crippen LogP contribution in [0.3, 0.4) is 0 Å². The molecule has 1 amide bonds. The maximum Gasteiger partial charge on any atom is 0.451 e. The Balaban J connectivity index is 1.61. The molecular weight excluding hydrogens is 599 g/mol. The number of rotatable bonds is 6. The van der Waals surface area contributed by atoms with Crippen molar-refractivity contribution in [2.45, 2.75) is 55.5 Å². The van der Waals surface area contributed by atoms with Gasteiger partial charge in [-0.25, -0.2) is 27.8 Å². The Hall–Kier alpha value is -4.24. The van der Waals surface area contributed by atoms with Gasteiger partial charge in [-0.3, -0.25) is 9.78 Å². The Morgan fingerprint density at radius 3 is 2.26 bits per heavy atom. The summed E-state index contributed by atoms with van der Waals surface area (Å²) < 4.78 is 121. The van der Waals surface area contributed by atoms with E-state index < -0.39 is 81.5 Å². The summed E-state index contributed by atoms with van der Waals surface area (Å²) in [6.07, 6.45) is -9.39. The number of sulfonamides is 1. The number of hydrogen-bond acceptors (Lipinski definition) is 8. The number of pyridine rings is 2. The van der Waals surface area contributed by atoms with Crippen LogP contribution in [-0.2, 0) is 33.7 Å². The first-order valence-electron chi connectivity index (χ1n) is 11.8. The fraction of sp³-hybridized carbons (Fsp3) is 0.333. The summed E-state index contributed by atoms with van der Waals surface area (Å²) >= 11 is 0. The number of amides is 1. The number of aromatic nitrogens is 4. The molecule has 0 spiro atoms. The van der Waals surface area contributed by atoms with Gasteiger partial charge in [0.2, 0.25) is 11.7 Å². The molecule has 1 aliphatic rings. The van der Waals surface area contributed by atoms with Crippen LogP contribution in [0.2, 0.25) is 0 Å². The molecule has 4 heterocycles. The molecule has 3 aromatic rings. The summed E-state index contributed by atoms with van der Waals surface area (Å²) in [5.74, 6) is -2.58. The minimum atomic E-state index is -4.95. The van der Waals surface area contributed by atoms with E-state index in [0.717, 1.165) is 36.8 Å². The number of nitriles is 1. The molecule has 42 heavy (non-hydrogen) atoms. The number of halogens is 7. The second kappa shape index (κ2) is 11.2. The summed E-state index contributed by atoms with van der Waals surface area (Å²) in [5.41, 5.74) is -2.20. The van der Waals surface area contributed by atoms with Crippen LogP contribution in [0.15, 0.2) is 48.0 Å². The van der Waals surface area contributed by atoms with Crippen molar-refractivity contribution < 1.29 is 43.9 Å². The summed E-state index contributed by atoms with van der Waals surface area (Å²) in [6.45, 7) is 0.387. The molecule has 3 atom stereocenters. The Labute approximate surface area is 233 Å². The molecule has 18 heteroatoms. The van der Waals surface area contributed by atoms with E-state index in [1.165, 1.54) is 6.92 Å². The normalized spacial score (nSPS) is 19.8. The molecule has 4 rings (SSSR count). The lowest BCUT2D eigenvalue weighted by molar-refractivity contribution is -0.145. The highest BCUT2D eigenvalue weighted by molar-refractivity contribution is 7.89. The van der Waals surface area contributed by atoms with Crippen molar-refractivity contribution in [2.24, 2.45) is 0 Å². The van der Waals surface area contributed by atoms with E-state index in [1.807, 2.05) is 0 Å². The molecule has 0 aromatic carbocycles. The molecule has 0 unspecified atom stereocenters. The zero-order valence-electron chi connectivity index (χ0n) is 21.1. The van der Waals surface area contributed by atoms with Gasteiger partial charge < -0.3 is 5.32 Å². The van der Waals surface area contributed by atoms with Crippen LogP contribution in [0.4, 0.5) is 30.7 Å². The minimum Gasteiger partial charge on any atom is -0.351 e. The fourth-order valence-corrected chi connectivity index (χ4v) is 5.97. The summed E-state index contributed by atoms with van der Waals surface area (Å²) in [6, 6.07) is 1.79. The number of carbonyl (C=O) groups excluding carboxylic acids is 1. The van der Waals surface area contributed by atoms with Crippen LogP contribution in [0.1, 0.15) is 35.9 Å². The van der Waals surface area contributed by atoms with E-state index in [4.69, 9.17) is 5.26 Å². The van der Waals surface area contributed by atoms with Crippen LogP contribution in [0, 0.1) is 11.3 Å². The Morgan fingerprint density at radius 1 is 1.05 bits per heavy atom. The maximum atomic E-state index is 14.7. The first kappa shape index (κ1) is 30.7. The van der Waals surface area contributed by atoms with Crippen LogP contribution < -0.4 is 5.32 Å². The molecule has 0 radical (unpaired) electrons. The third kappa shape index (κ3) is 6.16. The smallest absolute Gasteiger partial charge is 0.351 e. The molecule has 0 bridgehead atoms. The molecule has 10 nitrogen and oxygen atoms in total. The summed E-state index contributed by atoms with van der Waals surface area (Å²) in [7, 11) is -4.58. The molecular formula is C24H18F7N7O3S. The van der Waals surface area contributed by atoms with Crippen LogP contribution >= 0.6 is 0 Å². The standard InChI is InChI=1S/C24H18F7N7O3S/c1-12-17(25)5-19(38(12)42(40,41)20-3-2-13(6-32)7-34-20)21(39)35-8-14-4-18(33-11-16(14)23(26,27)28)15-9-36-22(37-10-15)24(29,30)31/h2-4,7,9-12,17,19H,5,8H2,1H3,(H,35,39)/t12-,17+,19-/m0/s1. The van der Waals surface area contributed by atoms with Gasteiger partial charge in [-0.2, -0.15) is 35.9 Å². The van der Waals surface area contributed by atoms with Gasteiger partial charge >= 0.3 is 12.4 Å². The highest BCUT2D eigenvalue weighted by Gasteiger charge is 2.49. The van der Waals surface area contributed by atoms with E-state index in [-0.39, 0.29) is 16.8 Å². The van der Waals surface area contributed by atoms with Crippen LogP contribution in [0.5, 0.6) is 0 Å². The van der Waals surface area contributed by atoms with Crippen molar-refractivity contribution in [1.29, 1.82) is 5.26 Å². The molecule has 0 saturated carbocycles. The minimum absolute atomic E-state index is 0.0427. The number of nitrogens with zero attached hydrogens (tertiary/aromatic N) is 6. The average Bonchev–Trinajstić information content (AvgIpc) is 3.25. The highest BCUT2D eigenvalue weighted by atomic mass is 32.2. The number of carbonyl (C=O) groups is 1. The van der Waals surface area contributed by atoms with E-state index in [2.05, 4.69) is 25.3 Å². The molecule has 1 fully saturated rings. The van der Waals surface area contributed by atoms with Crippen molar-refractivity contribution in [3.63, 3.8) is 0 Å². The molecule has 1 N–H and O–H groups in total. The van der Waals surface area contributed by atoms with E-state index in [9.17, 15) is 43.9 Å². The SMILES string of the molecule is C[C@H]1[C@H](F)C[C@@H](C(=O)NCc2cc(-c3cnc(C(F)(F)F)nc3)ncc2C(F)(F)F)N1S(=O)(=O)c1ccc(C#N)cn1. The lowest BCUT2D eigenvalue weighted by Crippen LogP contribution is -2.48. The van der Waals surface area contributed by atoms with E-state index >= 15 is 0 Å². The van der Waals surface area contributed by atoms with Gasteiger partial charge in [0, 0.05) is 43.3 Å². The second-order valence-electron chi connectivity index (χ2n) is 9.08. The van der Waals surface area contributed by atoms with E-state index in [0.29, 0.717) is 10.5 Å². The first-order chi connectivity index (χ1) is 19.5. The predicted molar refractivity (Wildman–Crippen MR) is 128 cm³/mol. The zero-order chi connectivity index (χ0) is 31.0. The quantitative estimate of drug-likeness (QED) is 0.414. The van der Waals surface area contributed by atoms with Crippen LogP contribution in [-0.4, -0.2) is 56.8 Å². The zero-order valence-corrected chi connectivity index (χ0v) is 22.0. The molecule has 3 aromatic heterocycles. The van der Waals surface area contributed by atoms with Crippen molar-refractivity contribution in [3.8, 4) is 17.3 Å². The van der Waals surface area contributed by atoms with Gasteiger partial charge in [0.15, 0.2) is 5.03 Å². The summed E-state index contributed by atoms with van der Waals surface area (Å²) in [4.78, 5) is 26.7. The number of alkyl halides is 7. The predicted octanol–water partition coefficient (Wildman–Crippen LogP) is 3.65. The third-order valence-electron chi connectivity index (χ3n) is 6.34. The van der Waals surface area contributed by atoms with Gasteiger partial charge in [-0.15, -0.1) is 0 Å². The third-order valence-corrected chi connectivity index (χ3v) is 8.25. The Bertz CT molecular complexity index is 1620. The lowest BCUT2D eigenvalue weighted by atomic mass is 10.1. The Morgan fingerprint density at radius 2 is 1.71 bits per heavy atom. The molecule has 1 aliphatic heterocycles. The average molecular weight is 618 g/mol. The highest BCUT2D eigenvalue weighted by Crippen LogP contribution is 2.35. The Kier molecular flexibility index (Phi) is 8.20. The largest absolute Gasteiger partial charge is 0.451 e. The summed E-state index contributed by atoms with van der Waals surface area (Å²) in [5, 5.41) is 10.5. The number of nitrogens with one attached hydrogen (secondary N) is 1. The number of hydrogen-bond donors (Lipinski definition) is 1. The lowest BCUT2D eigenvalue weighted by Gasteiger charge is -2.26. The molecule has 0 aliphatic carbocycles. The first-order valence-corrected chi connectivity index (χ1v) is 13.2. The van der Waals surface area contributed by atoms with Crippen molar-refractivity contribution in [1.82, 2.24) is 29.6 Å². The van der Waals surface area contributed by atoms with Crippen molar-refractivity contribution >= 4 is 15.9 Å². The fourth-order valence-electron chi connectivity index (χ4n) is 4.24. The van der Waals surface area contributed by atoms with Gasteiger partial charge in [0.1, 0.15) is 18.3 Å². The van der Waals surface area contributed by atoms with Crippen molar-refractivity contribution in [2.75, 3.05) is 0 Å². The van der Waals surface area contributed by atoms with E-state index in [1.54, 1.807) is 6.07 Å². The molecule has 222 valence electrons. The van der Waals surface area contributed by atoms with Gasteiger partial charge in [-0.05, 0) is 30.7 Å². The van der Waals surface area contributed by atoms with Gasteiger partial charge in [-0.1, -0.05) is 0 Å². The monoisotopic (exact) mass is 617 g/mol. The van der Waals surface area contributed by atoms with Crippen molar-refractivity contribution in [3.05, 3.63) is 65.5 Å². The second-order valence-corrected chi connectivity index (χ2v) is 10.9. The van der Waals surface area contributed by atoms with Crippen LogP contribution in [0.25, 0.3) is 11.3 Å². The molecule has 1 saturated heterocycles. The van der Waals surface area contributed by atoms with Gasteiger partial charge in [0.25, 0.3) is 10.0 Å². The topological polar surface area (TPSA) is 142 Å².